The van der Waals surface area contributed by atoms with E-state index in [0.29, 0.717) is 19.8 Å². The van der Waals surface area contributed by atoms with Gasteiger partial charge in [0.15, 0.2) is 0 Å². The van der Waals surface area contributed by atoms with Gasteiger partial charge in [-0.05, 0) is 5.56 Å². The third-order valence-corrected chi connectivity index (χ3v) is 3.30. The summed E-state index contributed by atoms with van der Waals surface area (Å²) in [4.78, 5) is 0. The average molecular weight is 288 g/mol. The maximum Gasteiger partial charge on any atom is 0.141 e. The summed E-state index contributed by atoms with van der Waals surface area (Å²) in [7, 11) is -1.38. The normalized spacial score (nSPS) is 12.3. The van der Waals surface area contributed by atoms with Crippen molar-refractivity contribution in [3.05, 3.63) is 48.6 Å². The number of rotatable bonds is 7. The van der Waals surface area contributed by atoms with Crippen LogP contribution in [0.1, 0.15) is 5.56 Å². The summed E-state index contributed by atoms with van der Waals surface area (Å²) >= 11 is 0. The summed E-state index contributed by atoms with van der Waals surface area (Å²) in [5, 5.41) is 0. The quantitative estimate of drug-likeness (QED) is 0.433. The van der Waals surface area contributed by atoms with Gasteiger partial charge >= 0.3 is 0 Å². The molecule has 0 aromatic heterocycles. The predicted octanol–water partition coefficient (Wildman–Crippen LogP) is 3.66. The van der Waals surface area contributed by atoms with E-state index in [4.69, 9.17) is 9.47 Å². The van der Waals surface area contributed by atoms with E-state index in [1.54, 1.807) is 6.08 Å². The molecule has 3 heteroatoms. The Bertz CT molecular complexity index is 451. The molecule has 0 saturated heterocycles. The number of ether oxygens (including phenoxy) is 2. The molecule has 1 aromatic carbocycles. The van der Waals surface area contributed by atoms with Crippen LogP contribution in [-0.2, 0) is 16.1 Å². The lowest BCUT2D eigenvalue weighted by atomic mass is 10.2. The van der Waals surface area contributed by atoms with Crippen LogP contribution in [0.5, 0.6) is 0 Å². The number of hydrogen-bond acceptors (Lipinski definition) is 2. The van der Waals surface area contributed by atoms with Crippen LogP contribution in [0.4, 0.5) is 0 Å². The Morgan fingerprint density at radius 3 is 2.55 bits per heavy atom. The largest absolute Gasteiger partial charge is 0.373 e. The Balaban J connectivity index is 2.47. The van der Waals surface area contributed by atoms with Gasteiger partial charge in [0.25, 0.3) is 0 Å². The minimum absolute atomic E-state index is 0.177. The zero-order chi connectivity index (χ0) is 14.8. The zero-order valence-electron chi connectivity index (χ0n) is 12.7. The molecule has 0 heterocycles. The Morgan fingerprint density at radius 1 is 1.25 bits per heavy atom. The lowest BCUT2D eigenvalue weighted by Gasteiger charge is -2.13. The third kappa shape index (κ3) is 7.95. The summed E-state index contributed by atoms with van der Waals surface area (Å²) in [5.74, 6) is 3.20. The van der Waals surface area contributed by atoms with Crippen molar-refractivity contribution in [3.8, 4) is 11.5 Å². The van der Waals surface area contributed by atoms with Gasteiger partial charge in [0.05, 0.1) is 19.8 Å². The summed E-state index contributed by atoms with van der Waals surface area (Å²) in [6.45, 7) is 11.9. The fourth-order valence-corrected chi connectivity index (χ4v) is 2.06. The van der Waals surface area contributed by atoms with Crippen molar-refractivity contribution in [1.82, 2.24) is 0 Å². The van der Waals surface area contributed by atoms with E-state index in [0.717, 1.165) is 5.56 Å². The standard InChI is InChI=1S/C17H24O2Si/c1-5-12-19-17(11-13-20(2,3)4)15-18-14-16-9-7-6-8-10-16/h5-10,17H,1,12,14-15H2,2-4H3. The Morgan fingerprint density at radius 2 is 1.95 bits per heavy atom. The molecule has 1 atom stereocenters. The van der Waals surface area contributed by atoms with Gasteiger partial charge in [0.1, 0.15) is 14.2 Å². The minimum Gasteiger partial charge on any atom is -0.373 e. The average Bonchev–Trinajstić information content (AvgIpc) is 2.41. The second kappa shape index (κ2) is 8.75. The molecule has 1 aromatic rings. The smallest absolute Gasteiger partial charge is 0.141 e. The molecule has 1 unspecified atom stereocenters. The lowest BCUT2D eigenvalue weighted by Crippen LogP contribution is -2.22. The molecule has 0 saturated carbocycles. The fourth-order valence-electron chi connectivity index (χ4n) is 1.47. The van der Waals surface area contributed by atoms with Gasteiger partial charge in [-0.2, -0.15) is 0 Å². The fraction of sp³-hybridized carbons (Fsp3) is 0.412. The van der Waals surface area contributed by atoms with Crippen molar-refractivity contribution in [2.45, 2.75) is 32.4 Å². The highest BCUT2D eigenvalue weighted by Gasteiger charge is 2.10. The molecule has 0 aliphatic carbocycles. The van der Waals surface area contributed by atoms with Gasteiger partial charge in [-0.3, -0.25) is 0 Å². The molecule has 2 nitrogen and oxygen atoms in total. The van der Waals surface area contributed by atoms with E-state index in [-0.39, 0.29) is 6.10 Å². The van der Waals surface area contributed by atoms with Crippen molar-refractivity contribution in [2.24, 2.45) is 0 Å². The van der Waals surface area contributed by atoms with E-state index in [2.05, 4.69) is 37.7 Å². The molecule has 0 amide bonds. The first-order valence-corrected chi connectivity index (χ1v) is 10.4. The molecule has 0 fully saturated rings. The van der Waals surface area contributed by atoms with Crippen molar-refractivity contribution >= 4 is 8.07 Å². The number of hydrogen-bond donors (Lipinski definition) is 0. The Kier molecular flexibility index (Phi) is 7.31. The monoisotopic (exact) mass is 288 g/mol. The summed E-state index contributed by atoms with van der Waals surface area (Å²) < 4.78 is 11.3. The molecule has 0 spiro atoms. The van der Waals surface area contributed by atoms with Crippen LogP contribution < -0.4 is 0 Å². The number of benzene rings is 1. The van der Waals surface area contributed by atoms with Gasteiger partial charge in [-0.25, -0.2) is 0 Å². The van der Waals surface area contributed by atoms with Gasteiger partial charge in [-0.15, -0.1) is 12.1 Å². The highest BCUT2D eigenvalue weighted by molar-refractivity contribution is 6.83. The maximum atomic E-state index is 5.70. The molecule has 1 rings (SSSR count). The Labute approximate surface area is 123 Å². The highest BCUT2D eigenvalue weighted by atomic mass is 28.3. The van der Waals surface area contributed by atoms with E-state index >= 15 is 0 Å². The molecule has 0 aliphatic heterocycles. The first-order valence-electron chi connectivity index (χ1n) is 6.88. The second-order valence-electron chi connectivity index (χ2n) is 5.63. The van der Waals surface area contributed by atoms with E-state index in [1.807, 2.05) is 30.3 Å². The van der Waals surface area contributed by atoms with E-state index < -0.39 is 8.07 Å². The molecule has 108 valence electrons. The van der Waals surface area contributed by atoms with Gasteiger partial charge in [0.2, 0.25) is 0 Å². The van der Waals surface area contributed by atoms with Gasteiger partial charge in [0, 0.05) is 0 Å². The Hall–Kier alpha value is -1.34. The molecule has 20 heavy (non-hydrogen) atoms. The molecule has 0 radical (unpaired) electrons. The van der Waals surface area contributed by atoms with Gasteiger partial charge in [-0.1, -0.05) is 62.0 Å². The first kappa shape index (κ1) is 16.7. The van der Waals surface area contributed by atoms with Crippen LogP contribution >= 0.6 is 0 Å². The van der Waals surface area contributed by atoms with Crippen LogP contribution in [-0.4, -0.2) is 27.4 Å². The van der Waals surface area contributed by atoms with Crippen molar-refractivity contribution in [1.29, 1.82) is 0 Å². The SMILES string of the molecule is C=CCOC(C#C[Si](C)(C)C)COCc1ccccc1. The molecule has 0 aliphatic rings. The highest BCUT2D eigenvalue weighted by Crippen LogP contribution is 2.03. The van der Waals surface area contributed by atoms with Crippen LogP contribution in [0.15, 0.2) is 43.0 Å². The maximum absolute atomic E-state index is 5.70. The van der Waals surface area contributed by atoms with Crippen LogP contribution in [0.3, 0.4) is 0 Å². The van der Waals surface area contributed by atoms with Crippen molar-refractivity contribution < 1.29 is 9.47 Å². The molecular formula is C17H24O2Si. The van der Waals surface area contributed by atoms with Crippen molar-refractivity contribution in [2.75, 3.05) is 13.2 Å². The van der Waals surface area contributed by atoms with Crippen LogP contribution in [0.2, 0.25) is 19.6 Å². The molecular weight excluding hydrogens is 264 g/mol. The van der Waals surface area contributed by atoms with Crippen LogP contribution in [0, 0.1) is 11.5 Å². The minimum atomic E-state index is -1.38. The van der Waals surface area contributed by atoms with Crippen LogP contribution in [0.25, 0.3) is 0 Å². The second-order valence-corrected chi connectivity index (χ2v) is 10.4. The van der Waals surface area contributed by atoms with E-state index in [9.17, 15) is 0 Å². The summed E-state index contributed by atoms with van der Waals surface area (Å²) in [6.07, 6.45) is 1.56. The summed E-state index contributed by atoms with van der Waals surface area (Å²) in [6, 6.07) is 10.1. The van der Waals surface area contributed by atoms with Crippen molar-refractivity contribution in [3.63, 3.8) is 0 Å². The summed E-state index contributed by atoms with van der Waals surface area (Å²) in [5.41, 5.74) is 4.49. The van der Waals surface area contributed by atoms with Gasteiger partial charge < -0.3 is 9.47 Å². The lowest BCUT2D eigenvalue weighted by molar-refractivity contribution is 0.0175. The molecule has 0 bridgehead atoms. The topological polar surface area (TPSA) is 18.5 Å². The molecule has 0 N–H and O–H groups in total. The predicted molar refractivity (Wildman–Crippen MR) is 87.2 cm³/mol. The van der Waals surface area contributed by atoms with E-state index in [1.165, 1.54) is 0 Å². The first-order chi connectivity index (χ1) is 9.51. The third-order valence-electron chi connectivity index (χ3n) is 2.40. The zero-order valence-corrected chi connectivity index (χ0v) is 13.7.